The van der Waals surface area contributed by atoms with E-state index in [1.165, 1.54) is 0 Å². The molecule has 17 heavy (non-hydrogen) atoms. The van der Waals surface area contributed by atoms with Gasteiger partial charge in [-0.2, -0.15) is 0 Å². The quantitative estimate of drug-likeness (QED) is 0.495. The van der Waals surface area contributed by atoms with Crippen molar-refractivity contribution in [2.45, 2.75) is 18.1 Å². The van der Waals surface area contributed by atoms with E-state index < -0.39 is 8.07 Å². The van der Waals surface area contributed by atoms with Gasteiger partial charge in [-0.05, 0) is 24.2 Å². The van der Waals surface area contributed by atoms with Gasteiger partial charge in [0.1, 0.15) is 8.07 Å². The molecule has 0 aliphatic heterocycles. The smallest absolute Gasteiger partial charge is 0.143 e. The summed E-state index contributed by atoms with van der Waals surface area (Å²) in [4.78, 5) is 0. The van der Waals surface area contributed by atoms with Gasteiger partial charge in [0.15, 0.2) is 0 Å². The summed E-state index contributed by atoms with van der Waals surface area (Å²) in [5, 5.41) is 1.09. The number of hydrogen-bond acceptors (Lipinski definition) is 1. The van der Waals surface area contributed by atoms with E-state index in [1.54, 1.807) is 6.26 Å². The summed E-state index contributed by atoms with van der Waals surface area (Å²) < 4.78 is 5.73. The summed E-state index contributed by atoms with van der Waals surface area (Å²) in [5.41, 5.74) is 1.04. The van der Waals surface area contributed by atoms with Crippen LogP contribution < -0.4 is 5.38 Å². The van der Waals surface area contributed by atoms with Crippen LogP contribution in [0.3, 0.4) is 0 Å². The Labute approximate surface area is 105 Å². The number of rotatable bonds is 8. The predicted octanol–water partition coefficient (Wildman–Crippen LogP) is 4.14. The standard InChI is InChI=1S/C15H20OSi/c1-5-9-17(10-6-2,11-7-3)15-12-14(8-4)13-16-15/h5-8,12-13H,1-4,9-11H2. The Balaban J connectivity index is 3.16. The topological polar surface area (TPSA) is 13.1 Å². The summed E-state index contributed by atoms with van der Waals surface area (Å²) in [7, 11) is -1.74. The molecule has 0 fully saturated rings. The van der Waals surface area contributed by atoms with Crippen LogP contribution in [0.25, 0.3) is 6.08 Å². The van der Waals surface area contributed by atoms with Gasteiger partial charge in [0.05, 0.1) is 11.6 Å². The third-order valence-corrected chi connectivity index (χ3v) is 7.50. The van der Waals surface area contributed by atoms with Gasteiger partial charge in [0.25, 0.3) is 0 Å². The zero-order valence-electron chi connectivity index (χ0n) is 10.3. The summed E-state index contributed by atoms with van der Waals surface area (Å²) in [6.45, 7) is 15.4. The minimum absolute atomic E-state index is 0.981. The second-order valence-electron chi connectivity index (χ2n) is 4.21. The first-order valence-corrected chi connectivity index (χ1v) is 8.38. The van der Waals surface area contributed by atoms with Crippen LogP contribution in [0, 0.1) is 0 Å². The first-order chi connectivity index (χ1) is 8.22. The molecule has 0 bridgehead atoms. The monoisotopic (exact) mass is 244 g/mol. The third kappa shape index (κ3) is 2.98. The highest BCUT2D eigenvalue weighted by atomic mass is 28.3. The van der Waals surface area contributed by atoms with Gasteiger partial charge in [0, 0.05) is 5.56 Å². The van der Waals surface area contributed by atoms with E-state index >= 15 is 0 Å². The van der Waals surface area contributed by atoms with Crippen molar-refractivity contribution in [1.82, 2.24) is 0 Å². The van der Waals surface area contributed by atoms with Crippen LogP contribution in [0.4, 0.5) is 0 Å². The molecule has 1 nitrogen and oxygen atoms in total. The first-order valence-electron chi connectivity index (χ1n) is 5.76. The van der Waals surface area contributed by atoms with Crippen LogP contribution in [0.2, 0.25) is 18.1 Å². The number of hydrogen-bond donors (Lipinski definition) is 0. The van der Waals surface area contributed by atoms with Crippen LogP contribution >= 0.6 is 0 Å². The maximum absolute atomic E-state index is 5.73. The Kier molecular flexibility index (Phi) is 4.98. The van der Waals surface area contributed by atoms with Crippen LogP contribution in [0.5, 0.6) is 0 Å². The molecular formula is C15H20OSi. The minimum atomic E-state index is -1.74. The lowest BCUT2D eigenvalue weighted by molar-refractivity contribution is 0.595. The highest BCUT2D eigenvalue weighted by Gasteiger charge is 2.34. The molecule has 0 aliphatic carbocycles. The van der Waals surface area contributed by atoms with Crippen molar-refractivity contribution in [2.24, 2.45) is 0 Å². The number of furan rings is 1. The lowest BCUT2D eigenvalue weighted by Crippen LogP contribution is -2.45. The Bertz CT molecular complexity index is 388. The molecule has 90 valence electrons. The largest absolute Gasteiger partial charge is 0.474 e. The van der Waals surface area contributed by atoms with Gasteiger partial charge in [-0.15, -0.1) is 19.7 Å². The summed E-state index contributed by atoms with van der Waals surface area (Å²) in [6, 6.07) is 5.04. The molecule has 1 aromatic heterocycles. The summed E-state index contributed by atoms with van der Waals surface area (Å²) in [5.74, 6) is 0. The fourth-order valence-electron chi connectivity index (χ4n) is 2.12. The van der Waals surface area contributed by atoms with E-state index in [0.29, 0.717) is 0 Å². The molecule has 0 atom stereocenters. The fourth-order valence-corrected chi connectivity index (χ4v) is 5.66. The normalized spacial score (nSPS) is 10.8. The average molecular weight is 244 g/mol. The van der Waals surface area contributed by atoms with Crippen molar-refractivity contribution < 1.29 is 4.42 Å². The molecule has 0 spiro atoms. The minimum Gasteiger partial charge on any atom is -0.474 e. The fraction of sp³-hybridized carbons (Fsp3) is 0.200. The van der Waals surface area contributed by atoms with E-state index in [1.807, 2.05) is 24.3 Å². The van der Waals surface area contributed by atoms with Crippen molar-refractivity contribution in [1.29, 1.82) is 0 Å². The van der Waals surface area contributed by atoms with Gasteiger partial charge in [-0.3, -0.25) is 0 Å². The van der Waals surface area contributed by atoms with Crippen LogP contribution in [-0.2, 0) is 0 Å². The van der Waals surface area contributed by atoms with E-state index in [4.69, 9.17) is 4.42 Å². The van der Waals surface area contributed by atoms with Crippen LogP contribution in [-0.4, -0.2) is 8.07 Å². The molecule has 1 heterocycles. The molecular weight excluding hydrogens is 224 g/mol. The summed E-state index contributed by atoms with van der Waals surface area (Å²) >= 11 is 0. The molecule has 2 heteroatoms. The average Bonchev–Trinajstić information content (AvgIpc) is 2.79. The van der Waals surface area contributed by atoms with Crippen molar-refractivity contribution in [2.75, 3.05) is 0 Å². The molecule has 0 radical (unpaired) electrons. The van der Waals surface area contributed by atoms with Gasteiger partial charge < -0.3 is 4.42 Å². The van der Waals surface area contributed by atoms with E-state index in [9.17, 15) is 0 Å². The second-order valence-corrected chi connectivity index (χ2v) is 8.49. The van der Waals surface area contributed by atoms with E-state index in [2.05, 4.69) is 32.4 Å². The highest BCUT2D eigenvalue weighted by molar-refractivity contribution is 6.92. The van der Waals surface area contributed by atoms with Crippen molar-refractivity contribution >= 4 is 19.5 Å². The molecule has 0 unspecified atom stereocenters. The van der Waals surface area contributed by atoms with Crippen molar-refractivity contribution in [3.05, 3.63) is 62.4 Å². The second kappa shape index (κ2) is 6.26. The molecule has 0 amide bonds. The van der Waals surface area contributed by atoms with Gasteiger partial charge >= 0.3 is 0 Å². The number of allylic oxidation sites excluding steroid dienone is 3. The third-order valence-electron chi connectivity index (χ3n) is 2.98. The predicted molar refractivity (Wildman–Crippen MR) is 79.2 cm³/mol. The summed E-state index contributed by atoms with van der Waals surface area (Å²) in [6.07, 6.45) is 9.52. The van der Waals surface area contributed by atoms with Crippen LogP contribution in [0.15, 0.2) is 61.3 Å². The van der Waals surface area contributed by atoms with E-state index in [-0.39, 0.29) is 0 Å². The highest BCUT2D eigenvalue weighted by Crippen LogP contribution is 2.24. The van der Waals surface area contributed by atoms with E-state index in [0.717, 1.165) is 29.1 Å². The lowest BCUT2D eigenvalue weighted by atomic mass is 10.3. The molecule has 0 saturated carbocycles. The Hall–Kier alpha value is -1.54. The van der Waals surface area contributed by atoms with Crippen LogP contribution in [0.1, 0.15) is 5.56 Å². The molecule has 1 rings (SSSR count). The van der Waals surface area contributed by atoms with Gasteiger partial charge in [-0.1, -0.05) is 30.9 Å². The molecule has 0 aliphatic rings. The zero-order valence-corrected chi connectivity index (χ0v) is 11.3. The van der Waals surface area contributed by atoms with Crippen molar-refractivity contribution in [3.8, 4) is 0 Å². The van der Waals surface area contributed by atoms with Crippen molar-refractivity contribution in [3.63, 3.8) is 0 Å². The maximum Gasteiger partial charge on any atom is 0.143 e. The SMILES string of the molecule is C=CC[Si](CC=C)(CC=C)c1cc(C=C)co1. The van der Waals surface area contributed by atoms with Gasteiger partial charge in [-0.25, -0.2) is 0 Å². The molecule has 0 saturated heterocycles. The lowest BCUT2D eigenvalue weighted by Gasteiger charge is -2.25. The Morgan fingerprint density at radius 1 is 1.00 bits per heavy atom. The maximum atomic E-state index is 5.73. The molecule has 0 N–H and O–H groups in total. The Morgan fingerprint density at radius 3 is 1.88 bits per heavy atom. The molecule has 1 aromatic rings. The first kappa shape index (κ1) is 13.5. The van der Waals surface area contributed by atoms with Gasteiger partial charge in [0.2, 0.25) is 0 Å². The Morgan fingerprint density at radius 2 is 1.53 bits per heavy atom. The zero-order chi connectivity index (χ0) is 12.7. The molecule has 0 aromatic carbocycles.